The molecule has 0 saturated heterocycles. The first kappa shape index (κ1) is 31.3. The first-order valence-electron chi connectivity index (χ1n) is 12.2. The lowest BCUT2D eigenvalue weighted by atomic mass is 9.78. The average molecular weight is 523 g/mol. The zero-order valence-electron chi connectivity index (χ0n) is 21.6. The molecule has 2 atom stereocenters. The molecule has 0 aromatic rings. The molecule has 1 heterocycles. The van der Waals surface area contributed by atoms with E-state index in [2.05, 4.69) is 16.0 Å². The predicted octanol–water partition coefficient (Wildman–Crippen LogP) is -0.126. The highest BCUT2D eigenvalue weighted by atomic mass is 16.2. The Bertz CT molecular complexity index is 907. The number of rotatable bonds is 16. The molecule has 0 spiro atoms. The molecule has 1 aliphatic rings. The maximum Gasteiger partial charge on any atom is 0.312 e. The molecule has 37 heavy (non-hydrogen) atoms. The van der Waals surface area contributed by atoms with Crippen LogP contribution in [0.5, 0.6) is 0 Å². The SMILES string of the molecule is CC(C)(C)C(=O)[C@H](CCCNC(N)=O)CC(=O)[C@H](CCCNC(N)=O)NC(=O)CCN1C(=O)C=CC1=O. The number of hydrogen-bond donors (Lipinski definition) is 5. The Kier molecular flexibility index (Phi) is 12.4. The molecule has 0 radical (unpaired) electrons. The Morgan fingerprint density at radius 3 is 1.89 bits per heavy atom. The fourth-order valence-electron chi connectivity index (χ4n) is 3.85. The van der Waals surface area contributed by atoms with Gasteiger partial charge in [-0.05, 0) is 25.7 Å². The quantitative estimate of drug-likeness (QED) is 0.137. The molecule has 0 aliphatic carbocycles. The molecule has 1 rings (SSSR count). The number of primary amides is 2. The Labute approximate surface area is 216 Å². The largest absolute Gasteiger partial charge is 0.352 e. The van der Waals surface area contributed by atoms with Crippen LogP contribution >= 0.6 is 0 Å². The molecule has 0 unspecified atom stereocenters. The lowest BCUT2D eigenvalue weighted by molar-refractivity contribution is -0.137. The highest BCUT2D eigenvalue weighted by molar-refractivity contribution is 6.13. The van der Waals surface area contributed by atoms with Gasteiger partial charge in [0.2, 0.25) is 5.91 Å². The topological polar surface area (TPSA) is 211 Å². The lowest BCUT2D eigenvalue weighted by Gasteiger charge is -2.26. The van der Waals surface area contributed by atoms with E-state index >= 15 is 0 Å². The van der Waals surface area contributed by atoms with E-state index in [0.29, 0.717) is 19.3 Å². The van der Waals surface area contributed by atoms with Crippen molar-refractivity contribution >= 4 is 41.4 Å². The van der Waals surface area contributed by atoms with Crippen molar-refractivity contribution in [2.45, 2.75) is 65.3 Å². The van der Waals surface area contributed by atoms with Crippen molar-refractivity contribution in [3.8, 4) is 0 Å². The molecule has 0 bridgehead atoms. The Balaban J connectivity index is 2.87. The molecule has 1 aliphatic heterocycles. The fourth-order valence-corrected chi connectivity index (χ4v) is 3.85. The molecule has 13 heteroatoms. The summed E-state index contributed by atoms with van der Waals surface area (Å²) in [5.74, 6) is -2.71. The van der Waals surface area contributed by atoms with E-state index in [1.54, 1.807) is 20.8 Å². The van der Waals surface area contributed by atoms with Gasteiger partial charge < -0.3 is 27.4 Å². The molecule has 7 N–H and O–H groups in total. The van der Waals surface area contributed by atoms with Gasteiger partial charge >= 0.3 is 12.1 Å². The van der Waals surface area contributed by atoms with Gasteiger partial charge in [0.1, 0.15) is 5.78 Å². The van der Waals surface area contributed by atoms with Crippen LogP contribution in [0.4, 0.5) is 9.59 Å². The van der Waals surface area contributed by atoms with E-state index in [9.17, 15) is 33.6 Å². The van der Waals surface area contributed by atoms with Crippen molar-refractivity contribution in [2.75, 3.05) is 19.6 Å². The van der Waals surface area contributed by atoms with Crippen LogP contribution < -0.4 is 27.4 Å². The van der Waals surface area contributed by atoms with Crippen LogP contribution in [-0.4, -0.2) is 71.9 Å². The number of nitrogens with two attached hydrogens (primary N) is 2. The maximum absolute atomic E-state index is 13.3. The third-order valence-corrected chi connectivity index (χ3v) is 5.74. The van der Waals surface area contributed by atoms with E-state index in [1.165, 1.54) is 0 Å². The molecule has 0 fully saturated rings. The Morgan fingerprint density at radius 2 is 1.41 bits per heavy atom. The van der Waals surface area contributed by atoms with Crippen molar-refractivity contribution in [3.63, 3.8) is 0 Å². The second kappa shape index (κ2) is 14.7. The summed E-state index contributed by atoms with van der Waals surface area (Å²) in [6.45, 7) is 5.54. The van der Waals surface area contributed by atoms with Gasteiger partial charge in [-0.25, -0.2) is 9.59 Å². The summed E-state index contributed by atoms with van der Waals surface area (Å²) in [5.41, 5.74) is 9.42. The monoisotopic (exact) mass is 522 g/mol. The van der Waals surface area contributed by atoms with Gasteiger partial charge in [0.05, 0.1) is 6.04 Å². The van der Waals surface area contributed by atoms with E-state index in [1.807, 2.05) is 0 Å². The normalized spacial score (nSPS) is 14.7. The zero-order chi connectivity index (χ0) is 28.2. The molecule has 0 aromatic carbocycles. The minimum Gasteiger partial charge on any atom is -0.352 e. The standard InChI is InChI=1S/C24H38N6O7/c1-24(2,3)21(35)15(6-4-11-27-22(25)36)14-17(31)16(7-5-12-28-23(26)37)29-18(32)10-13-30-19(33)8-9-20(30)34/h8-9,15-16H,4-7,10-14H2,1-3H3,(H,29,32)(H3,25,27,36)(H3,26,28,37)/t15-,16+/m1/s1. The summed E-state index contributed by atoms with van der Waals surface area (Å²) in [5, 5.41) is 7.50. The van der Waals surface area contributed by atoms with Crippen molar-refractivity contribution < 1.29 is 33.6 Å². The number of carbonyl (C=O) groups excluding carboxylic acids is 7. The molecule has 0 saturated carbocycles. The van der Waals surface area contributed by atoms with Gasteiger partial charge in [0.25, 0.3) is 11.8 Å². The van der Waals surface area contributed by atoms with Crippen LogP contribution in [0.15, 0.2) is 12.2 Å². The number of nitrogens with one attached hydrogen (secondary N) is 3. The minimum absolute atomic E-state index is 0.126. The van der Waals surface area contributed by atoms with E-state index < -0.39 is 47.2 Å². The number of amides is 7. The molecule has 0 aromatic heterocycles. The van der Waals surface area contributed by atoms with Crippen LogP contribution in [0, 0.1) is 11.3 Å². The zero-order valence-corrected chi connectivity index (χ0v) is 21.6. The van der Waals surface area contributed by atoms with Crippen LogP contribution in [0.25, 0.3) is 0 Å². The van der Waals surface area contributed by atoms with Gasteiger partial charge in [-0.15, -0.1) is 0 Å². The van der Waals surface area contributed by atoms with Crippen LogP contribution in [-0.2, 0) is 24.0 Å². The Morgan fingerprint density at radius 1 is 0.892 bits per heavy atom. The Hall–Kier alpha value is -3.77. The maximum atomic E-state index is 13.3. The van der Waals surface area contributed by atoms with Crippen LogP contribution in [0.1, 0.15) is 59.3 Å². The summed E-state index contributed by atoms with van der Waals surface area (Å²) >= 11 is 0. The molecule has 13 nitrogen and oxygen atoms in total. The molecular formula is C24H38N6O7. The summed E-state index contributed by atoms with van der Waals surface area (Å²) in [4.78, 5) is 85.0. The lowest BCUT2D eigenvalue weighted by Crippen LogP contribution is -2.44. The van der Waals surface area contributed by atoms with Crippen molar-refractivity contribution in [1.82, 2.24) is 20.9 Å². The van der Waals surface area contributed by atoms with E-state index in [-0.39, 0.29) is 50.5 Å². The summed E-state index contributed by atoms with van der Waals surface area (Å²) < 4.78 is 0. The van der Waals surface area contributed by atoms with E-state index in [0.717, 1.165) is 17.1 Å². The number of hydrogen-bond acceptors (Lipinski definition) is 7. The number of nitrogens with zero attached hydrogens (tertiary/aromatic N) is 1. The average Bonchev–Trinajstić information content (AvgIpc) is 3.11. The second-order valence-electron chi connectivity index (χ2n) is 9.88. The van der Waals surface area contributed by atoms with Gasteiger partial charge in [0, 0.05) is 56.0 Å². The number of carbonyl (C=O) groups is 7. The number of urea groups is 2. The third-order valence-electron chi connectivity index (χ3n) is 5.74. The van der Waals surface area contributed by atoms with E-state index in [4.69, 9.17) is 11.5 Å². The first-order chi connectivity index (χ1) is 17.2. The van der Waals surface area contributed by atoms with Crippen molar-refractivity contribution in [3.05, 3.63) is 12.2 Å². The minimum atomic E-state index is -0.954. The number of imide groups is 1. The smallest absolute Gasteiger partial charge is 0.312 e. The highest BCUT2D eigenvalue weighted by Gasteiger charge is 2.33. The number of ketones is 2. The third kappa shape index (κ3) is 11.7. The van der Waals surface area contributed by atoms with Crippen LogP contribution in [0.2, 0.25) is 0 Å². The van der Waals surface area contributed by atoms with Crippen LogP contribution in [0.3, 0.4) is 0 Å². The summed E-state index contributed by atoms with van der Waals surface area (Å²) in [6, 6.07) is -2.36. The first-order valence-corrected chi connectivity index (χ1v) is 12.2. The van der Waals surface area contributed by atoms with Crippen molar-refractivity contribution in [1.29, 1.82) is 0 Å². The summed E-state index contributed by atoms with van der Waals surface area (Å²) in [6.07, 6.45) is 3.15. The van der Waals surface area contributed by atoms with Gasteiger partial charge in [-0.1, -0.05) is 20.8 Å². The summed E-state index contributed by atoms with van der Waals surface area (Å²) in [7, 11) is 0. The van der Waals surface area contributed by atoms with Crippen molar-refractivity contribution in [2.24, 2.45) is 22.8 Å². The molecule has 206 valence electrons. The second-order valence-corrected chi connectivity index (χ2v) is 9.88. The molecule has 7 amide bonds. The van der Waals surface area contributed by atoms with Gasteiger partial charge in [-0.3, -0.25) is 28.9 Å². The van der Waals surface area contributed by atoms with Gasteiger partial charge in [0.15, 0.2) is 5.78 Å². The molecular weight excluding hydrogens is 484 g/mol. The van der Waals surface area contributed by atoms with Gasteiger partial charge in [-0.2, -0.15) is 0 Å². The number of Topliss-reactive ketones (excluding diaryl/α,β-unsaturated/α-hetero) is 2. The highest BCUT2D eigenvalue weighted by Crippen LogP contribution is 2.26. The fraction of sp³-hybridized carbons (Fsp3) is 0.625. The predicted molar refractivity (Wildman–Crippen MR) is 134 cm³/mol.